The first-order valence-corrected chi connectivity index (χ1v) is 25.1. The van der Waals surface area contributed by atoms with Gasteiger partial charge in [0.05, 0.1) is 10.6 Å². The van der Waals surface area contributed by atoms with Crippen LogP contribution in [0.5, 0.6) is 5.75 Å². The molecule has 5 aromatic rings. The van der Waals surface area contributed by atoms with E-state index in [4.69, 9.17) is 14.9 Å². The molecule has 3 aliphatic rings. The van der Waals surface area contributed by atoms with Crippen molar-refractivity contribution in [2.75, 3.05) is 64.2 Å². The summed E-state index contributed by atoms with van der Waals surface area (Å²) in [6, 6.07) is 26.0. The van der Waals surface area contributed by atoms with Crippen LogP contribution in [-0.2, 0) is 31.1 Å². The van der Waals surface area contributed by atoms with Crippen LogP contribution in [0.25, 0.3) is 21.2 Å². The second-order valence-electron chi connectivity index (χ2n) is 17.6. The van der Waals surface area contributed by atoms with Gasteiger partial charge in [0, 0.05) is 80.6 Å². The van der Waals surface area contributed by atoms with Gasteiger partial charge < -0.3 is 41.0 Å². The summed E-state index contributed by atoms with van der Waals surface area (Å²) < 4.78 is 47.2. The highest BCUT2D eigenvalue weighted by atomic mass is 32.2. The molecule has 0 radical (unpaired) electrons. The molecule has 20 heteroatoms. The number of aliphatic carboxylic acids is 1. The number of amides is 3. The van der Waals surface area contributed by atoms with Crippen LogP contribution in [0.4, 0.5) is 24.5 Å². The number of nitrogens with one attached hydrogen (secondary N) is 4. The first-order chi connectivity index (χ1) is 34.7. The normalized spacial score (nSPS) is 15.4. The number of anilines is 2. The van der Waals surface area contributed by atoms with Gasteiger partial charge in [0.1, 0.15) is 22.8 Å². The third kappa shape index (κ3) is 12.8. The van der Waals surface area contributed by atoms with Crippen molar-refractivity contribution in [3.8, 4) is 16.2 Å². The lowest BCUT2D eigenvalue weighted by Gasteiger charge is -2.58. The van der Waals surface area contributed by atoms with Crippen LogP contribution in [0.15, 0.2) is 84.9 Å². The number of nitrogens with zero attached hydrogens (tertiary/aromatic N) is 2. The number of carbonyl (C=O) groups is 6. The molecular formula is C52H59F3N6O9S2. The Morgan fingerprint density at radius 1 is 0.944 bits per heavy atom. The fourth-order valence-corrected chi connectivity index (χ4v) is 12.0. The molecule has 1 aromatic heterocycles. The molecule has 0 bridgehead atoms. The number of alkyl halides is 3. The smallest absolute Gasteiger partial charge is 0.421 e. The van der Waals surface area contributed by atoms with Gasteiger partial charge in [-0.25, -0.2) is 9.10 Å². The molecule has 384 valence electrons. The molecular weight excluding hydrogens is 974 g/mol. The average Bonchev–Trinajstić information content (AvgIpc) is 3.89. The zero-order valence-electron chi connectivity index (χ0n) is 40.1. The molecule has 2 atom stereocenters. The number of benzene rings is 4. The molecule has 3 amide bonds. The number of ether oxygens (including phenoxy) is 1. The highest BCUT2D eigenvalue weighted by Crippen LogP contribution is 2.51. The van der Waals surface area contributed by atoms with E-state index in [0.717, 1.165) is 67.0 Å². The Morgan fingerprint density at radius 2 is 1.67 bits per heavy atom. The number of carboxylic acid groups (broad SMARTS) is 1. The zero-order chi connectivity index (χ0) is 52.0. The second kappa shape index (κ2) is 25.4. The van der Waals surface area contributed by atoms with Gasteiger partial charge in [-0.2, -0.15) is 13.2 Å². The fourth-order valence-electron chi connectivity index (χ4n) is 9.64. The number of hydrogen-bond donors (Lipinski definition) is 6. The van der Waals surface area contributed by atoms with Crippen LogP contribution in [-0.4, -0.2) is 117 Å². The Kier molecular flexibility index (Phi) is 19.4. The minimum atomic E-state index is -4.78. The number of likely N-dealkylation sites (N-methyl/N-ethyl adjacent to an activating group) is 1. The minimum absolute atomic E-state index is 0.106. The lowest BCUT2D eigenvalue weighted by molar-refractivity contribution is -0.143. The predicted molar refractivity (Wildman–Crippen MR) is 274 cm³/mol. The first-order valence-electron chi connectivity index (χ1n) is 23.4. The molecule has 1 saturated heterocycles. The van der Waals surface area contributed by atoms with Crippen molar-refractivity contribution in [1.82, 2.24) is 20.3 Å². The van der Waals surface area contributed by atoms with E-state index in [1.54, 1.807) is 36.2 Å². The number of carbonyl (C=O) groups excluding carboxylic acids is 5. The van der Waals surface area contributed by atoms with E-state index in [0.29, 0.717) is 40.6 Å². The number of thiophene rings is 1. The largest absolute Gasteiger partial charge is 0.480 e. The molecule has 3 heterocycles. The quantitative estimate of drug-likeness (QED) is 0.0210. The van der Waals surface area contributed by atoms with Gasteiger partial charge in [-0.1, -0.05) is 72.6 Å². The molecule has 1 aliphatic carbocycles. The van der Waals surface area contributed by atoms with Crippen LogP contribution in [0.2, 0.25) is 0 Å². The summed E-state index contributed by atoms with van der Waals surface area (Å²) in [5, 5.41) is 29.9. The molecule has 2 fully saturated rings. The van der Waals surface area contributed by atoms with Crippen LogP contribution in [0.3, 0.4) is 0 Å². The summed E-state index contributed by atoms with van der Waals surface area (Å²) in [6.07, 6.45) is 1.52. The lowest BCUT2D eigenvalue weighted by atomic mass is 9.62. The first kappa shape index (κ1) is 55.0. The van der Waals surface area contributed by atoms with Gasteiger partial charge in [0.2, 0.25) is 12.3 Å². The zero-order valence-corrected chi connectivity index (χ0v) is 41.8. The summed E-state index contributed by atoms with van der Waals surface area (Å²) in [4.78, 5) is 71.5. The third-order valence-electron chi connectivity index (χ3n) is 12.9. The van der Waals surface area contributed by atoms with Crippen molar-refractivity contribution >= 4 is 82.2 Å². The third-order valence-corrected chi connectivity index (χ3v) is 15.2. The Hall–Kier alpha value is -6.32. The summed E-state index contributed by atoms with van der Waals surface area (Å²) in [6.45, 7) is 2.68. The molecule has 8 rings (SSSR count). The van der Waals surface area contributed by atoms with Crippen molar-refractivity contribution in [3.05, 3.63) is 112 Å². The lowest BCUT2D eigenvalue weighted by Crippen LogP contribution is -2.63. The number of aldehydes is 2. The summed E-state index contributed by atoms with van der Waals surface area (Å²) in [5.41, 5.74) is 4.43. The summed E-state index contributed by atoms with van der Waals surface area (Å²) in [7, 11) is 4.60. The van der Waals surface area contributed by atoms with Crippen LogP contribution < -0.4 is 30.9 Å². The Balaban J connectivity index is 0.000000295. The average molecular weight is 1030 g/mol. The Bertz CT molecular complexity index is 2690. The standard InChI is InChI=1S/C37H46N6O4S.C14H9F3O4S.CH4O/c1-38-28-19-37(20-28)22-42(23-37)48-21-25-6-3-7-27(18-25)41-16-14-26(13-15-40-24-45)29-11-12-32-34-30(29)8-4-9-31(34)36(47)43(32)33(10-5-17-44)35(46)39-2;15-14(16,17)11-12(21-7-10(19)20)9(6-18)22-13(11)8-4-2-1-3-5-8;1-2/h3-4,6-9,11-12,17-18,24,26,28,33,38,41H,5,10,13-16,19-23H2,1-2H3,(H,39,46)(H,40,45);1-6H,7H2,(H,19,20);2H,1H3. The highest BCUT2D eigenvalue weighted by Gasteiger charge is 2.52. The van der Waals surface area contributed by atoms with Crippen molar-refractivity contribution in [1.29, 1.82) is 0 Å². The minimum Gasteiger partial charge on any atom is -0.480 e. The number of hydrogen-bond acceptors (Lipinski definition) is 13. The number of carboxylic acids is 1. The molecule has 2 aliphatic heterocycles. The van der Waals surface area contributed by atoms with E-state index < -0.39 is 36.1 Å². The molecule has 4 aromatic carbocycles. The van der Waals surface area contributed by atoms with Crippen LogP contribution in [0.1, 0.15) is 81.2 Å². The molecule has 2 unspecified atom stereocenters. The van der Waals surface area contributed by atoms with E-state index in [9.17, 15) is 41.9 Å². The number of rotatable bonds is 23. The molecule has 6 N–H and O–H groups in total. The van der Waals surface area contributed by atoms with E-state index in [2.05, 4.69) is 63.0 Å². The van der Waals surface area contributed by atoms with Gasteiger partial charge >= 0.3 is 12.1 Å². The van der Waals surface area contributed by atoms with Gasteiger partial charge in [-0.05, 0) is 91.4 Å². The van der Waals surface area contributed by atoms with E-state index in [1.807, 2.05) is 30.1 Å². The van der Waals surface area contributed by atoms with E-state index in [1.165, 1.54) is 43.6 Å². The SMILES string of the molecule is CNC(=O)C(CCC=O)N1C(=O)c2cccc3c(C(CCNC=O)CCNc4cccc(CSN5CC6(CC(NC)C6)C5)c4)ccc1c23.CO.O=Cc1sc(-c2ccccc2)c(C(F)(F)F)c1OCC(=O)O. The van der Waals surface area contributed by atoms with Gasteiger partial charge in [-0.15, -0.1) is 11.3 Å². The van der Waals surface area contributed by atoms with Crippen molar-refractivity contribution in [2.24, 2.45) is 5.41 Å². The maximum absolute atomic E-state index is 13.7. The number of aliphatic hydroxyl groups excluding tert-OH is 1. The second-order valence-corrected chi connectivity index (χ2v) is 19.7. The van der Waals surface area contributed by atoms with Gasteiger partial charge in [-0.3, -0.25) is 24.1 Å². The van der Waals surface area contributed by atoms with Gasteiger partial charge in [0.25, 0.3) is 5.91 Å². The molecule has 1 saturated carbocycles. The topological polar surface area (TPSA) is 207 Å². The summed E-state index contributed by atoms with van der Waals surface area (Å²) in [5.74, 6) is -1.65. The Morgan fingerprint density at radius 3 is 2.32 bits per heavy atom. The van der Waals surface area contributed by atoms with Crippen LogP contribution in [0, 0.1) is 5.41 Å². The van der Waals surface area contributed by atoms with Crippen molar-refractivity contribution in [2.45, 2.75) is 68.5 Å². The fraction of sp³-hybridized carbons (Fsp3) is 0.385. The monoisotopic (exact) mass is 1030 g/mol. The van der Waals surface area contributed by atoms with Crippen molar-refractivity contribution < 1.29 is 56.9 Å². The molecule has 1 spiro atoms. The van der Waals surface area contributed by atoms with Crippen LogP contribution >= 0.6 is 23.3 Å². The maximum Gasteiger partial charge on any atom is 0.421 e. The maximum atomic E-state index is 13.7. The molecule has 15 nitrogen and oxygen atoms in total. The Labute approximate surface area is 424 Å². The van der Waals surface area contributed by atoms with Gasteiger partial charge in [0.15, 0.2) is 18.6 Å². The number of halogens is 3. The van der Waals surface area contributed by atoms with E-state index in [-0.39, 0.29) is 52.2 Å². The predicted octanol–water partition coefficient (Wildman–Crippen LogP) is 7.77. The van der Waals surface area contributed by atoms with Crippen molar-refractivity contribution in [3.63, 3.8) is 0 Å². The van der Waals surface area contributed by atoms with E-state index >= 15 is 0 Å². The molecule has 72 heavy (non-hydrogen) atoms. The number of aliphatic hydroxyl groups is 1. The highest BCUT2D eigenvalue weighted by molar-refractivity contribution is 7.96. The summed E-state index contributed by atoms with van der Waals surface area (Å²) >= 11 is 2.54.